The number of rotatable bonds is 4. The van der Waals surface area contributed by atoms with Gasteiger partial charge in [-0.2, -0.15) is 0 Å². The van der Waals surface area contributed by atoms with Crippen LogP contribution in [0.3, 0.4) is 0 Å². The summed E-state index contributed by atoms with van der Waals surface area (Å²) in [6, 6.07) is 0. The molecule has 86 valence electrons. The maximum Gasteiger partial charge on any atom is 0.310 e. The maximum atomic E-state index is 11.7. The predicted octanol–water partition coefficient (Wildman–Crippen LogP) is 3.16. The van der Waals surface area contributed by atoms with Crippen LogP contribution in [0.25, 0.3) is 0 Å². The summed E-state index contributed by atoms with van der Waals surface area (Å²) in [7, 11) is 0. The van der Waals surface area contributed by atoms with E-state index < -0.39 is 0 Å². The van der Waals surface area contributed by atoms with E-state index in [0.29, 0.717) is 17.9 Å². The van der Waals surface area contributed by atoms with Gasteiger partial charge >= 0.3 is 5.97 Å². The Kier molecular flexibility index (Phi) is 3.99. The molecule has 0 bridgehead atoms. The SMILES string of the molecule is CC(C)=C[C@@H]1[C@@H](C(=O)OCCBr)C1(C)C. The highest BCUT2D eigenvalue weighted by molar-refractivity contribution is 9.09. The summed E-state index contributed by atoms with van der Waals surface area (Å²) in [5.41, 5.74) is 1.34. The summed E-state index contributed by atoms with van der Waals surface area (Å²) in [6.45, 7) is 8.84. The van der Waals surface area contributed by atoms with Crippen LogP contribution >= 0.6 is 15.9 Å². The molecule has 3 heteroatoms. The van der Waals surface area contributed by atoms with E-state index >= 15 is 0 Å². The first-order valence-corrected chi connectivity index (χ1v) is 6.41. The Labute approximate surface area is 100 Å². The van der Waals surface area contributed by atoms with Crippen molar-refractivity contribution in [2.24, 2.45) is 17.3 Å². The van der Waals surface area contributed by atoms with E-state index in [-0.39, 0.29) is 17.3 Å². The summed E-state index contributed by atoms with van der Waals surface area (Å²) in [5, 5.41) is 0.708. The molecule has 0 heterocycles. The van der Waals surface area contributed by atoms with Gasteiger partial charge in [0.25, 0.3) is 0 Å². The van der Waals surface area contributed by atoms with Gasteiger partial charge in [-0.1, -0.05) is 41.4 Å². The van der Waals surface area contributed by atoms with Gasteiger partial charge < -0.3 is 4.74 Å². The quantitative estimate of drug-likeness (QED) is 0.447. The molecule has 0 spiro atoms. The predicted molar refractivity (Wildman–Crippen MR) is 64.9 cm³/mol. The van der Waals surface area contributed by atoms with Crippen LogP contribution in [-0.4, -0.2) is 17.9 Å². The van der Waals surface area contributed by atoms with Crippen molar-refractivity contribution in [2.75, 3.05) is 11.9 Å². The molecule has 0 radical (unpaired) electrons. The van der Waals surface area contributed by atoms with Crippen LogP contribution < -0.4 is 0 Å². The molecular formula is C12H19BrO2. The number of hydrogen-bond donors (Lipinski definition) is 0. The first kappa shape index (κ1) is 12.8. The minimum atomic E-state index is -0.0537. The van der Waals surface area contributed by atoms with E-state index in [4.69, 9.17) is 4.74 Å². The third-order valence-corrected chi connectivity index (χ3v) is 3.32. The van der Waals surface area contributed by atoms with Gasteiger partial charge in [0.15, 0.2) is 0 Å². The van der Waals surface area contributed by atoms with Gasteiger partial charge in [-0.3, -0.25) is 4.79 Å². The van der Waals surface area contributed by atoms with Gasteiger partial charge in [-0.25, -0.2) is 0 Å². The summed E-state index contributed by atoms with van der Waals surface area (Å²) in [6.07, 6.45) is 2.18. The fraction of sp³-hybridized carbons (Fsp3) is 0.750. The van der Waals surface area contributed by atoms with Crippen molar-refractivity contribution in [1.82, 2.24) is 0 Å². The minimum Gasteiger partial charge on any atom is -0.465 e. The standard InChI is InChI=1S/C12H19BrO2/c1-8(2)7-9-10(12(9,3)4)11(14)15-6-5-13/h7,9-10H,5-6H2,1-4H3/t9-,10+/m1/s1. The number of hydrogen-bond acceptors (Lipinski definition) is 2. The number of esters is 1. The van der Waals surface area contributed by atoms with Crippen molar-refractivity contribution in [3.63, 3.8) is 0 Å². The average molecular weight is 275 g/mol. The summed E-state index contributed by atoms with van der Waals surface area (Å²) < 4.78 is 5.15. The van der Waals surface area contributed by atoms with Gasteiger partial charge in [0.1, 0.15) is 6.61 Å². The van der Waals surface area contributed by atoms with Gasteiger partial charge in [-0.05, 0) is 25.2 Å². The average Bonchev–Trinajstić information content (AvgIpc) is 2.63. The van der Waals surface area contributed by atoms with Crippen molar-refractivity contribution in [3.8, 4) is 0 Å². The van der Waals surface area contributed by atoms with Crippen molar-refractivity contribution in [1.29, 1.82) is 0 Å². The Morgan fingerprint density at radius 1 is 1.47 bits per heavy atom. The number of allylic oxidation sites excluding steroid dienone is 2. The van der Waals surface area contributed by atoms with Crippen molar-refractivity contribution < 1.29 is 9.53 Å². The van der Waals surface area contributed by atoms with E-state index in [0.717, 1.165) is 0 Å². The lowest BCUT2D eigenvalue weighted by Gasteiger charge is -2.02. The van der Waals surface area contributed by atoms with Crippen LogP contribution in [0.1, 0.15) is 27.7 Å². The van der Waals surface area contributed by atoms with Crippen LogP contribution in [0.5, 0.6) is 0 Å². The van der Waals surface area contributed by atoms with E-state index in [9.17, 15) is 4.79 Å². The second kappa shape index (κ2) is 4.69. The van der Waals surface area contributed by atoms with Gasteiger partial charge in [0, 0.05) is 5.33 Å². The van der Waals surface area contributed by atoms with E-state index in [2.05, 4.69) is 49.7 Å². The van der Waals surface area contributed by atoms with Gasteiger partial charge in [-0.15, -0.1) is 0 Å². The molecule has 0 amide bonds. The molecule has 0 aromatic carbocycles. The monoisotopic (exact) mass is 274 g/mol. The zero-order valence-electron chi connectivity index (χ0n) is 9.84. The molecular weight excluding hydrogens is 256 g/mol. The zero-order valence-corrected chi connectivity index (χ0v) is 11.4. The molecule has 15 heavy (non-hydrogen) atoms. The molecule has 0 N–H and O–H groups in total. The Morgan fingerprint density at radius 3 is 2.53 bits per heavy atom. The molecule has 1 fully saturated rings. The number of ether oxygens (including phenoxy) is 1. The van der Waals surface area contributed by atoms with Crippen LogP contribution in [0.15, 0.2) is 11.6 Å². The van der Waals surface area contributed by atoms with E-state index in [1.807, 2.05) is 0 Å². The Balaban J connectivity index is 2.58. The second-order valence-electron chi connectivity index (χ2n) is 4.93. The third kappa shape index (κ3) is 2.83. The van der Waals surface area contributed by atoms with Crippen LogP contribution in [0.4, 0.5) is 0 Å². The van der Waals surface area contributed by atoms with Crippen molar-refractivity contribution in [2.45, 2.75) is 27.7 Å². The van der Waals surface area contributed by atoms with Gasteiger partial charge in [0.05, 0.1) is 5.92 Å². The van der Waals surface area contributed by atoms with Crippen molar-refractivity contribution >= 4 is 21.9 Å². The number of carbonyl (C=O) groups excluding carboxylic acids is 1. The molecule has 1 rings (SSSR count). The van der Waals surface area contributed by atoms with Crippen molar-refractivity contribution in [3.05, 3.63) is 11.6 Å². The molecule has 0 aromatic heterocycles. The lowest BCUT2D eigenvalue weighted by molar-refractivity contribution is -0.145. The molecule has 2 atom stereocenters. The smallest absolute Gasteiger partial charge is 0.310 e. The number of halogens is 1. The van der Waals surface area contributed by atoms with Gasteiger partial charge in [0.2, 0.25) is 0 Å². The molecule has 1 saturated carbocycles. The Bertz CT molecular complexity index is 277. The lowest BCUT2D eigenvalue weighted by atomic mass is 10.1. The maximum absolute atomic E-state index is 11.7. The molecule has 1 aliphatic carbocycles. The van der Waals surface area contributed by atoms with E-state index in [1.54, 1.807) is 0 Å². The fourth-order valence-corrected chi connectivity index (χ4v) is 2.19. The minimum absolute atomic E-state index is 0.0476. The molecule has 0 aromatic rings. The Morgan fingerprint density at radius 2 is 2.07 bits per heavy atom. The zero-order chi connectivity index (χ0) is 11.6. The molecule has 1 aliphatic rings. The highest BCUT2D eigenvalue weighted by Crippen LogP contribution is 2.59. The summed E-state index contributed by atoms with van der Waals surface area (Å²) in [5.74, 6) is 0.346. The first-order chi connectivity index (χ1) is 6.91. The largest absolute Gasteiger partial charge is 0.465 e. The normalized spacial score (nSPS) is 27.0. The highest BCUT2D eigenvalue weighted by Gasteiger charge is 2.61. The number of carbonyl (C=O) groups is 1. The molecule has 0 unspecified atom stereocenters. The third-order valence-electron chi connectivity index (χ3n) is 3.00. The molecule has 0 saturated heterocycles. The fourth-order valence-electron chi connectivity index (χ4n) is 2.03. The highest BCUT2D eigenvalue weighted by atomic mass is 79.9. The topological polar surface area (TPSA) is 26.3 Å². The lowest BCUT2D eigenvalue weighted by Crippen LogP contribution is -2.12. The first-order valence-electron chi connectivity index (χ1n) is 5.29. The Hall–Kier alpha value is -0.310. The van der Waals surface area contributed by atoms with Crippen LogP contribution in [0.2, 0.25) is 0 Å². The van der Waals surface area contributed by atoms with Crippen LogP contribution in [-0.2, 0) is 9.53 Å². The summed E-state index contributed by atoms with van der Waals surface area (Å²) >= 11 is 3.24. The molecule has 0 aliphatic heterocycles. The molecule has 2 nitrogen and oxygen atoms in total. The second-order valence-corrected chi connectivity index (χ2v) is 5.72. The number of alkyl halides is 1. The summed E-state index contributed by atoms with van der Waals surface area (Å²) in [4.78, 5) is 11.7. The van der Waals surface area contributed by atoms with E-state index in [1.165, 1.54) is 5.57 Å². The van der Waals surface area contributed by atoms with Crippen LogP contribution in [0, 0.1) is 17.3 Å².